The molecule has 0 atom stereocenters. The van der Waals surface area contributed by atoms with Gasteiger partial charge in [0.1, 0.15) is 5.82 Å². The molecule has 6 nitrogen and oxygen atoms in total. The van der Waals surface area contributed by atoms with Gasteiger partial charge in [0.15, 0.2) is 5.13 Å². The van der Waals surface area contributed by atoms with Gasteiger partial charge in [-0.25, -0.2) is 9.37 Å². The lowest BCUT2D eigenvalue weighted by Crippen LogP contribution is -2.14. The number of nitrogens with one attached hydrogen (secondary N) is 1. The summed E-state index contributed by atoms with van der Waals surface area (Å²) in [5.41, 5.74) is -0.981. The summed E-state index contributed by atoms with van der Waals surface area (Å²) in [6.45, 7) is 1.71. The number of halogens is 2. The summed E-state index contributed by atoms with van der Waals surface area (Å²) in [7, 11) is 0. The minimum atomic E-state index is -1.28. The number of carbonyl (C=O) groups is 1. The molecule has 1 heterocycles. The number of hydrogen-bond acceptors (Lipinski definition) is 5. The van der Waals surface area contributed by atoms with E-state index in [4.69, 9.17) is 0 Å². The van der Waals surface area contributed by atoms with Gasteiger partial charge < -0.3 is 0 Å². The quantitative estimate of drug-likeness (QED) is 0.697. The molecule has 9 heteroatoms. The molecular formula is C11H7F2N3O3S. The Labute approximate surface area is 115 Å². The fourth-order valence-corrected chi connectivity index (χ4v) is 2.11. The maximum Gasteiger partial charge on any atom is 0.307 e. The van der Waals surface area contributed by atoms with Gasteiger partial charge in [0.2, 0.25) is 5.82 Å². The molecule has 1 amide bonds. The van der Waals surface area contributed by atoms with Crippen LogP contribution < -0.4 is 5.32 Å². The molecule has 2 rings (SSSR count). The minimum Gasteiger partial charge on any atom is -0.298 e. The molecule has 0 fully saturated rings. The van der Waals surface area contributed by atoms with Crippen LogP contribution in [0.4, 0.5) is 19.6 Å². The van der Waals surface area contributed by atoms with Crippen molar-refractivity contribution in [1.82, 2.24) is 4.98 Å². The predicted octanol–water partition coefficient (Wildman–Crippen LogP) is 2.89. The number of aromatic nitrogens is 1. The largest absolute Gasteiger partial charge is 0.307 e. The summed E-state index contributed by atoms with van der Waals surface area (Å²) in [6, 6.07) is 0.862. The average molecular weight is 299 g/mol. The summed E-state index contributed by atoms with van der Waals surface area (Å²) in [5.74, 6) is -3.38. The number of hydrogen-bond donors (Lipinski definition) is 1. The predicted molar refractivity (Wildman–Crippen MR) is 67.8 cm³/mol. The second-order valence-electron chi connectivity index (χ2n) is 3.79. The van der Waals surface area contributed by atoms with E-state index in [0.29, 0.717) is 17.8 Å². The van der Waals surface area contributed by atoms with Crippen molar-refractivity contribution in [3.05, 3.63) is 50.5 Å². The first-order valence-electron chi connectivity index (χ1n) is 5.25. The molecule has 0 aliphatic carbocycles. The van der Waals surface area contributed by atoms with Crippen molar-refractivity contribution in [2.45, 2.75) is 6.92 Å². The van der Waals surface area contributed by atoms with Crippen LogP contribution in [0.2, 0.25) is 0 Å². The third kappa shape index (κ3) is 2.77. The normalized spacial score (nSPS) is 10.3. The van der Waals surface area contributed by atoms with Crippen LogP contribution in [0.15, 0.2) is 17.5 Å². The van der Waals surface area contributed by atoms with Gasteiger partial charge in [0, 0.05) is 5.38 Å². The van der Waals surface area contributed by atoms with E-state index in [1.165, 1.54) is 0 Å². The number of nitro groups is 1. The van der Waals surface area contributed by atoms with Crippen molar-refractivity contribution in [1.29, 1.82) is 0 Å². The van der Waals surface area contributed by atoms with E-state index >= 15 is 0 Å². The first-order valence-corrected chi connectivity index (χ1v) is 6.13. The number of nitro benzene ring substituents is 1. The number of carbonyl (C=O) groups excluding carboxylic acids is 1. The minimum absolute atomic E-state index is 0.227. The zero-order valence-corrected chi connectivity index (χ0v) is 10.8. The number of anilines is 1. The lowest BCUT2D eigenvalue weighted by atomic mass is 10.1. The summed E-state index contributed by atoms with van der Waals surface area (Å²) in [5, 5.41) is 14.6. The van der Waals surface area contributed by atoms with E-state index in [0.717, 1.165) is 11.3 Å². The van der Waals surface area contributed by atoms with E-state index in [2.05, 4.69) is 10.3 Å². The zero-order valence-electron chi connectivity index (χ0n) is 10.0. The summed E-state index contributed by atoms with van der Waals surface area (Å²) in [4.78, 5) is 25.1. The Morgan fingerprint density at radius 3 is 2.65 bits per heavy atom. The standard InChI is InChI=1S/C11H7F2N3O3S/c1-5-4-20-11(14-5)15-10(17)6-2-8(13)9(16(18)19)3-7(6)12/h2-4H,1H3,(H,14,15,17). The molecule has 0 bridgehead atoms. The van der Waals surface area contributed by atoms with Crippen LogP contribution >= 0.6 is 11.3 Å². The lowest BCUT2D eigenvalue weighted by molar-refractivity contribution is -0.387. The van der Waals surface area contributed by atoms with Gasteiger partial charge in [-0.3, -0.25) is 20.2 Å². The second kappa shape index (κ2) is 5.29. The summed E-state index contributed by atoms with van der Waals surface area (Å²) in [6.07, 6.45) is 0. The molecule has 104 valence electrons. The average Bonchev–Trinajstić information content (AvgIpc) is 2.76. The smallest absolute Gasteiger partial charge is 0.298 e. The highest BCUT2D eigenvalue weighted by Gasteiger charge is 2.22. The van der Waals surface area contributed by atoms with Crippen LogP contribution in [0.1, 0.15) is 16.1 Å². The first kappa shape index (κ1) is 14.0. The van der Waals surface area contributed by atoms with Crippen molar-refractivity contribution < 1.29 is 18.5 Å². The highest BCUT2D eigenvalue weighted by Crippen LogP contribution is 2.23. The number of rotatable bonds is 3. The first-order chi connectivity index (χ1) is 9.38. The number of nitrogens with zero attached hydrogens (tertiary/aromatic N) is 2. The third-order valence-corrected chi connectivity index (χ3v) is 3.19. The van der Waals surface area contributed by atoms with E-state index in [1.54, 1.807) is 12.3 Å². The number of aryl methyl sites for hydroxylation is 1. The fraction of sp³-hybridized carbons (Fsp3) is 0.0909. The fourth-order valence-electron chi connectivity index (χ4n) is 1.43. The van der Waals surface area contributed by atoms with Gasteiger partial charge >= 0.3 is 5.69 Å². The molecule has 20 heavy (non-hydrogen) atoms. The molecular weight excluding hydrogens is 292 g/mol. The maximum absolute atomic E-state index is 13.6. The highest BCUT2D eigenvalue weighted by atomic mass is 32.1. The van der Waals surface area contributed by atoms with Gasteiger partial charge in [-0.05, 0) is 13.0 Å². The number of thiazole rings is 1. The van der Waals surface area contributed by atoms with Crippen molar-refractivity contribution >= 4 is 28.1 Å². The molecule has 1 aromatic heterocycles. The molecule has 0 aliphatic heterocycles. The van der Waals surface area contributed by atoms with E-state index in [9.17, 15) is 23.7 Å². The molecule has 0 saturated heterocycles. The molecule has 0 saturated carbocycles. The van der Waals surface area contributed by atoms with Crippen molar-refractivity contribution in [2.75, 3.05) is 5.32 Å². The van der Waals surface area contributed by atoms with Gasteiger partial charge in [-0.1, -0.05) is 0 Å². The Hall–Kier alpha value is -2.42. The van der Waals surface area contributed by atoms with Crippen LogP contribution in [-0.2, 0) is 0 Å². The van der Waals surface area contributed by atoms with E-state index in [-0.39, 0.29) is 5.13 Å². The van der Waals surface area contributed by atoms with Gasteiger partial charge in [-0.2, -0.15) is 4.39 Å². The maximum atomic E-state index is 13.6. The van der Waals surface area contributed by atoms with Gasteiger partial charge in [0.05, 0.1) is 22.2 Å². The van der Waals surface area contributed by atoms with Crippen molar-refractivity contribution in [2.24, 2.45) is 0 Å². The van der Waals surface area contributed by atoms with E-state index in [1.807, 2.05) is 0 Å². The Morgan fingerprint density at radius 2 is 2.10 bits per heavy atom. The Morgan fingerprint density at radius 1 is 1.40 bits per heavy atom. The Bertz CT molecular complexity index is 702. The molecule has 1 N–H and O–H groups in total. The van der Waals surface area contributed by atoms with Crippen molar-refractivity contribution in [3.63, 3.8) is 0 Å². The Balaban J connectivity index is 2.30. The molecule has 1 aromatic carbocycles. The summed E-state index contributed by atoms with van der Waals surface area (Å²) >= 11 is 1.12. The molecule has 0 spiro atoms. The van der Waals surface area contributed by atoms with Crippen LogP contribution in [0.25, 0.3) is 0 Å². The number of benzene rings is 1. The summed E-state index contributed by atoms with van der Waals surface area (Å²) < 4.78 is 27.0. The van der Waals surface area contributed by atoms with Crippen LogP contribution in [0.5, 0.6) is 0 Å². The molecule has 0 unspecified atom stereocenters. The van der Waals surface area contributed by atoms with Crippen LogP contribution in [-0.4, -0.2) is 15.8 Å². The van der Waals surface area contributed by atoms with E-state index < -0.39 is 33.7 Å². The van der Waals surface area contributed by atoms with Crippen LogP contribution in [0, 0.1) is 28.7 Å². The number of amides is 1. The van der Waals surface area contributed by atoms with Crippen molar-refractivity contribution in [3.8, 4) is 0 Å². The zero-order chi connectivity index (χ0) is 14.9. The highest BCUT2D eigenvalue weighted by molar-refractivity contribution is 7.13. The molecule has 0 aliphatic rings. The molecule has 0 radical (unpaired) electrons. The molecule has 2 aromatic rings. The lowest BCUT2D eigenvalue weighted by Gasteiger charge is -2.03. The van der Waals surface area contributed by atoms with Gasteiger partial charge in [0.25, 0.3) is 5.91 Å². The SMILES string of the molecule is Cc1csc(NC(=O)c2cc(F)c([N+](=O)[O-])cc2F)n1. The third-order valence-electron chi connectivity index (χ3n) is 2.32. The Kier molecular flexibility index (Phi) is 3.70. The second-order valence-corrected chi connectivity index (χ2v) is 4.65. The van der Waals surface area contributed by atoms with Gasteiger partial charge in [-0.15, -0.1) is 11.3 Å². The van der Waals surface area contributed by atoms with Crippen LogP contribution in [0.3, 0.4) is 0 Å². The monoisotopic (exact) mass is 299 g/mol. The topological polar surface area (TPSA) is 85.1 Å².